The summed E-state index contributed by atoms with van der Waals surface area (Å²) in [6, 6.07) is 22.8. The lowest BCUT2D eigenvalue weighted by atomic mass is 9.90. The van der Waals surface area contributed by atoms with E-state index in [0.717, 1.165) is 34.4 Å². The number of benzene rings is 4. The van der Waals surface area contributed by atoms with Gasteiger partial charge < -0.3 is 15.4 Å². The molecule has 1 unspecified atom stereocenters. The first kappa shape index (κ1) is 38.1. The van der Waals surface area contributed by atoms with Gasteiger partial charge in [-0.3, -0.25) is 14.1 Å². The van der Waals surface area contributed by atoms with Crippen LogP contribution in [0.2, 0.25) is 0 Å². The number of nitrogens with one attached hydrogen (secondary N) is 2. The molecular weight excluding hydrogens is 669 g/mol. The number of carbonyl (C=O) groups excluding carboxylic acids is 2. The van der Waals surface area contributed by atoms with E-state index in [1.807, 2.05) is 31.2 Å². The van der Waals surface area contributed by atoms with Crippen molar-refractivity contribution in [1.29, 1.82) is 0 Å². The highest BCUT2D eigenvalue weighted by Crippen LogP contribution is 2.35. The van der Waals surface area contributed by atoms with E-state index in [4.69, 9.17) is 9.29 Å². The van der Waals surface area contributed by atoms with E-state index in [1.54, 1.807) is 49.4 Å². The number of aryl methyl sites for hydroxylation is 2. The van der Waals surface area contributed by atoms with Crippen LogP contribution in [0.1, 0.15) is 64.9 Å². The molecule has 4 aromatic rings. The van der Waals surface area contributed by atoms with Crippen molar-refractivity contribution in [3.05, 3.63) is 118 Å². The average molecular weight is 711 g/mol. The van der Waals surface area contributed by atoms with Crippen molar-refractivity contribution >= 4 is 27.6 Å². The Morgan fingerprint density at radius 3 is 1.98 bits per heavy atom. The molecule has 4 aromatic carbocycles. The summed E-state index contributed by atoms with van der Waals surface area (Å²) in [6.07, 6.45) is -4.16. The first-order valence-corrected chi connectivity index (χ1v) is 17.5. The first-order valence-electron chi connectivity index (χ1n) is 15.9. The van der Waals surface area contributed by atoms with Gasteiger partial charge in [0.2, 0.25) is 5.91 Å². The maximum absolute atomic E-state index is 13.9. The number of hydrogen-bond donors (Lipinski definition) is 3. The molecule has 4 rings (SSSR count). The largest absolute Gasteiger partial charge is 0.493 e. The lowest BCUT2D eigenvalue weighted by Crippen LogP contribution is -2.28. The summed E-state index contributed by atoms with van der Waals surface area (Å²) in [4.78, 5) is 26.4. The van der Waals surface area contributed by atoms with Gasteiger partial charge in [-0.05, 0) is 108 Å². The van der Waals surface area contributed by atoms with E-state index in [1.165, 1.54) is 6.07 Å². The van der Waals surface area contributed by atoms with Crippen molar-refractivity contribution in [2.24, 2.45) is 5.41 Å². The Labute approximate surface area is 290 Å². The minimum absolute atomic E-state index is 0.0421. The predicted octanol–water partition coefficient (Wildman–Crippen LogP) is 8.00. The van der Waals surface area contributed by atoms with Gasteiger partial charge in [-0.25, -0.2) is 0 Å². The first-order chi connectivity index (χ1) is 23.3. The van der Waals surface area contributed by atoms with Crippen molar-refractivity contribution in [2.45, 2.75) is 53.1 Å². The fourth-order valence-electron chi connectivity index (χ4n) is 5.30. The third-order valence-corrected chi connectivity index (χ3v) is 8.63. The van der Waals surface area contributed by atoms with Crippen LogP contribution in [0.25, 0.3) is 11.1 Å². The standard InChI is InChI=1S/C38H41F3N2O6S/c1-24-20-29(38(39,40)41)12-16-32(24)33-17-13-30(21-25(33)2)43-36(45)34(27-10-14-31(15-11-27)49-23-37(3,4)5)22-26-6-8-28(9-7-26)35(44)42-18-19-50(46,47)48/h6-17,20-21,34H,18-19,22-23H2,1-5H3,(H,42,44)(H,43,45)(H,46,47,48). The van der Waals surface area contributed by atoms with Crippen molar-refractivity contribution in [1.82, 2.24) is 5.32 Å². The van der Waals surface area contributed by atoms with Crippen LogP contribution in [0.3, 0.4) is 0 Å². The third kappa shape index (κ3) is 10.9. The van der Waals surface area contributed by atoms with Gasteiger partial charge in [-0.2, -0.15) is 21.6 Å². The van der Waals surface area contributed by atoms with Gasteiger partial charge in [0.25, 0.3) is 16.0 Å². The van der Waals surface area contributed by atoms with E-state index in [0.29, 0.717) is 29.2 Å². The maximum Gasteiger partial charge on any atom is 0.416 e. The summed E-state index contributed by atoms with van der Waals surface area (Å²) in [5.41, 5.74) is 4.20. The summed E-state index contributed by atoms with van der Waals surface area (Å²) >= 11 is 0. The number of alkyl halides is 3. The van der Waals surface area contributed by atoms with Crippen LogP contribution < -0.4 is 15.4 Å². The monoisotopic (exact) mass is 710 g/mol. The molecule has 0 aliphatic carbocycles. The fourth-order valence-corrected chi connectivity index (χ4v) is 5.66. The summed E-state index contributed by atoms with van der Waals surface area (Å²) in [6.45, 7) is 9.91. The zero-order chi connectivity index (χ0) is 36.9. The van der Waals surface area contributed by atoms with Crippen LogP contribution in [0, 0.1) is 19.3 Å². The zero-order valence-corrected chi connectivity index (χ0v) is 29.3. The molecule has 0 saturated carbocycles. The van der Waals surface area contributed by atoms with E-state index in [-0.39, 0.29) is 29.9 Å². The maximum atomic E-state index is 13.9. The van der Waals surface area contributed by atoms with Crippen LogP contribution in [-0.2, 0) is 27.5 Å². The predicted molar refractivity (Wildman–Crippen MR) is 188 cm³/mol. The minimum Gasteiger partial charge on any atom is -0.493 e. The molecule has 0 aliphatic rings. The number of anilines is 1. The highest BCUT2D eigenvalue weighted by atomic mass is 32.2. The van der Waals surface area contributed by atoms with Gasteiger partial charge in [0.15, 0.2) is 0 Å². The summed E-state index contributed by atoms with van der Waals surface area (Å²) in [5, 5.41) is 5.44. The summed E-state index contributed by atoms with van der Waals surface area (Å²) < 4.78 is 76.3. The van der Waals surface area contributed by atoms with Gasteiger partial charge >= 0.3 is 6.18 Å². The second kappa shape index (κ2) is 15.5. The topological polar surface area (TPSA) is 122 Å². The second-order valence-electron chi connectivity index (χ2n) is 13.5. The number of halogens is 3. The van der Waals surface area contributed by atoms with E-state index in [9.17, 15) is 31.2 Å². The molecule has 3 N–H and O–H groups in total. The van der Waals surface area contributed by atoms with Crippen LogP contribution in [0.5, 0.6) is 5.75 Å². The zero-order valence-electron chi connectivity index (χ0n) is 28.5. The van der Waals surface area contributed by atoms with Crippen LogP contribution in [0.15, 0.2) is 84.9 Å². The Hall–Kier alpha value is -4.68. The molecule has 8 nitrogen and oxygen atoms in total. The summed E-state index contributed by atoms with van der Waals surface area (Å²) in [5.74, 6) is -1.40. The Morgan fingerprint density at radius 2 is 1.44 bits per heavy atom. The van der Waals surface area contributed by atoms with Gasteiger partial charge in [-0.15, -0.1) is 0 Å². The molecule has 2 amide bonds. The molecule has 0 spiro atoms. The highest BCUT2D eigenvalue weighted by Gasteiger charge is 2.31. The lowest BCUT2D eigenvalue weighted by molar-refractivity contribution is -0.137. The molecule has 0 radical (unpaired) electrons. The van der Waals surface area contributed by atoms with Gasteiger partial charge in [-0.1, -0.05) is 57.2 Å². The molecule has 50 heavy (non-hydrogen) atoms. The summed E-state index contributed by atoms with van der Waals surface area (Å²) in [7, 11) is -4.21. The number of hydrogen-bond acceptors (Lipinski definition) is 5. The Balaban J connectivity index is 1.56. The van der Waals surface area contributed by atoms with Crippen LogP contribution in [0.4, 0.5) is 18.9 Å². The smallest absolute Gasteiger partial charge is 0.416 e. The Bertz CT molecular complexity index is 1940. The van der Waals surface area contributed by atoms with Crippen molar-refractivity contribution in [3.8, 4) is 16.9 Å². The highest BCUT2D eigenvalue weighted by molar-refractivity contribution is 7.85. The molecule has 266 valence electrons. The quantitative estimate of drug-likeness (QED) is 0.128. The van der Waals surface area contributed by atoms with Crippen LogP contribution >= 0.6 is 0 Å². The number of amides is 2. The van der Waals surface area contributed by atoms with Crippen molar-refractivity contribution in [3.63, 3.8) is 0 Å². The van der Waals surface area contributed by atoms with E-state index >= 15 is 0 Å². The molecule has 0 heterocycles. The van der Waals surface area contributed by atoms with Crippen molar-refractivity contribution in [2.75, 3.05) is 24.2 Å². The number of ether oxygens (including phenoxy) is 1. The number of carbonyl (C=O) groups is 2. The van der Waals surface area contributed by atoms with Crippen LogP contribution in [-0.4, -0.2) is 43.7 Å². The lowest BCUT2D eigenvalue weighted by Gasteiger charge is -2.21. The molecule has 0 bridgehead atoms. The Kier molecular flexibility index (Phi) is 11.8. The normalized spacial score (nSPS) is 12.7. The average Bonchev–Trinajstić information content (AvgIpc) is 3.02. The molecular formula is C38H41F3N2O6S. The molecule has 0 aromatic heterocycles. The SMILES string of the molecule is Cc1cc(NC(=O)C(Cc2ccc(C(=O)NCCS(=O)(=O)O)cc2)c2ccc(OCC(C)(C)C)cc2)ccc1-c1ccc(C(F)(F)F)cc1C. The molecule has 0 saturated heterocycles. The van der Waals surface area contributed by atoms with Crippen molar-refractivity contribution < 1.29 is 40.5 Å². The minimum atomic E-state index is -4.44. The molecule has 0 fully saturated rings. The van der Waals surface area contributed by atoms with Gasteiger partial charge in [0.05, 0.1) is 23.8 Å². The Morgan fingerprint density at radius 1 is 0.840 bits per heavy atom. The second-order valence-corrected chi connectivity index (χ2v) is 15.0. The van der Waals surface area contributed by atoms with E-state index < -0.39 is 39.4 Å². The van der Waals surface area contributed by atoms with E-state index in [2.05, 4.69) is 31.4 Å². The number of rotatable bonds is 12. The van der Waals surface area contributed by atoms with Gasteiger partial charge in [0.1, 0.15) is 5.75 Å². The third-order valence-electron chi connectivity index (χ3n) is 7.91. The van der Waals surface area contributed by atoms with Gasteiger partial charge in [0, 0.05) is 17.8 Å². The molecule has 1 atom stereocenters. The fraction of sp³-hybridized carbons (Fsp3) is 0.316. The molecule has 0 aliphatic heterocycles. The molecule has 12 heteroatoms.